The molecule has 2 rings (SSSR count). The molecule has 1 saturated carbocycles. The maximum Gasteiger partial charge on any atom is 0.328 e. The van der Waals surface area contributed by atoms with Gasteiger partial charge in [0.15, 0.2) is 0 Å². The van der Waals surface area contributed by atoms with Crippen molar-refractivity contribution in [3.05, 3.63) is 29.8 Å². The van der Waals surface area contributed by atoms with Crippen LogP contribution in [0.15, 0.2) is 29.2 Å². The monoisotopic (exact) mass is 353 g/mol. The molecule has 0 spiro atoms. The lowest BCUT2D eigenvalue weighted by molar-refractivity contribution is -0.118. The van der Waals surface area contributed by atoms with Gasteiger partial charge in [-0.15, -0.1) is 0 Å². The molecule has 24 heavy (non-hydrogen) atoms. The molecule has 3 N–H and O–H groups in total. The molecule has 0 saturated heterocycles. The van der Waals surface area contributed by atoms with Crippen LogP contribution in [0.2, 0.25) is 0 Å². The van der Waals surface area contributed by atoms with Crippen LogP contribution in [0, 0.1) is 0 Å². The van der Waals surface area contributed by atoms with E-state index in [1.54, 1.807) is 12.1 Å². The second kappa shape index (κ2) is 8.14. The van der Waals surface area contributed by atoms with Crippen LogP contribution in [0.5, 0.6) is 0 Å². The summed E-state index contributed by atoms with van der Waals surface area (Å²) in [4.78, 5) is 22.7. The third-order valence-corrected chi connectivity index (χ3v) is 5.29. The highest BCUT2D eigenvalue weighted by Gasteiger charge is 2.21. The first kappa shape index (κ1) is 18.3. The Bertz CT molecular complexity index is 680. The van der Waals surface area contributed by atoms with Crippen LogP contribution in [-0.2, 0) is 21.2 Å². The van der Waals surface area contributed by atoms with E-state index in [2.05, 4.69) is 10.6 Å². The van der Waals surface area contributed by atoms with Crippen molar-refractivity contribution in [2.45, 2.75) is 50.0 Å². The number of rotatable bonds is 6. The Balaban J connectivity index is 1.90. The molecule has 0 bridgehead atoms. The lowest BCUT2D eigenvalue weighted by Gasteiger charge is -2.13. The van der Waals surface area contributed by atoms with E-state index in [1.807, 2.05) is 4.72 Å². The van der Waals surface area contributed by atoms with Crippen molar-refractivity contribution in [1.29, 1.82) is 0 Å². The number of carbonyl (C=O) groups is 2. The Hall–Kier alpha value is -2.09. The summed E-state index contributed by atoms with van der Waals surface area (Å²) in [5.41, 5.74) is 0.901. The first-order valence-corrected chi connectivity index (χ1v) is 9.52. The van der Waals surface area contributed by atoms with E-state index >= 15 is 0 Å². The van der Waals surface area contributed by atoms with Crippen LogP contribution >= 0.6 is 0 Å². The molecule has 7 nitrogen and oxygen atoms in total. The third kappa shape index (κ3) is 5.52. The van der Waals surface area contributed by atoms with E-state index in [4.69, 9.17) is 0 Å². The molecule has 1 aliphatic carbocycles. The van der Waals surface area contributed by atoms with Crippen molar-refractivity contribution in [2.75, 3.05) is 6.54 Å². The molecule has 3 amide bonds. The lowest BCUT2D eigenvalue weighted by atomic mass is 10.1. The topological polar surface area (TPSA) is 104 Å². The third-order valence-electron chi connectivity index (χ3n) is 3.94. The zero-order valence-electron chi connectivity index (χ0n) is 13.7. The number of sulfonamides is 1. The van der Waals surface area contributed by atoms with E-state index in [0.717, 1.165) is 31.2 Å². The quantitative estimate of drug-likeness (QED) is 0.717. The molecule has 132 valence electrons. The van der Waals surface area contributed by atoms with E-state index in [1.165, 1.54) is 19.1 Å². The van der Waals surface area contributed by atoms with E-state index in [0.29, 0.717) is 13.0 Å². The summed E-state index contributed by atoms with van der Waals surface area (Å²) in [7, 11) is -3.88. The molecule has 0 heterocycles. The van der Waals surface area contributed by atoms with Crippen LogP contribution in [0.4, 0.5) is 4.79 Å². The minimum absolute atomic E-state index is 0.0346. The van der Waals surface area contributed by atoms with Gasteiger partial charge in [-0.25, -0.2) is 17.9 Å². The Kier molecular flexibility index (Phi) is 6.19. The van der Waals surface area contributed by atoms with Gasteiger partial charge >= 0.3 is 6.03 Å². The van der Waals surface area contributed by atoms with Gasteiger partial charge in [-0.2, -0.15) is 0 Å². The fourth-order valence-corrected chi connectivity index (χ4v) is 3.60. The van der Waals surface area contributed by atoms with Gasteiger partial charge in [-0.05, 0) is 37.0 Å². The normalized spacial score (nSPS) is 15.0. The van der Waals surface area contributed by atoms with Crippen molar-refractivity contribution < 1.29 is 18.0 Å². The van der Waals surface area contributed by atoms with Gasteiger partial charge in [0, 0.05) is 19.5 Å². The smallest absolute Gasteiger partial charge is 0.328 e. The second-order valence-electron chi connectivity index (χ2n) is 5.94. The first-order valence-electron chi connectivity index (χ1n) is 8.03. The second-order valence-corrected chi connectivity index (χ2v) is 7.62. The van der Waals surface area contributed by atoms with Crippen molar-refractivity contribution in [3.63, 3.8) is 0 Å². The number of hydrogen-bond donors (Lipinski definition) is 3. The molecule has 0 aromatic heterocycles. The fourth-order valence-electron chi connectivity index (χ4n) is 2.68. The summed E-state index contributed by atoms with van der Waals surface area (Å²) in [6.07, 6.45) is 4.48. The summed E-state index contributed by atoms with van der Waals surface area (Å²) in [6.45, 7) is 1.93. The molecule has 1 aromatic rings. The fraction of sp³-hybridized carbons (Fsp3) is 0.500. The predicted octanol–water partition coefficient (Wildman–Crippen LogP) is 1.30. The molecule has 0 atom stereocenters. The summed E-state index contributed by atoms with van der Waals surface area (Å²) in [5, 5.41) is 5.36. The number of hydrogen-bond acceptors (Lipinski definition) is 4. The minimum atomic E-state index is -3.88. The zero-order chi connectivity index (χ0) is 17.6. The van der Waals surface area contributed by atoms with Gasteiger partial charge in [0.2, 0.25) is 5.91 Å². The van der Waals surface area contributed by atoms with E-state index in [9.17, 15) is 18.0 Å². The maximum atomic E-state index is 12.2. The standard InChI is InChI=1S/C16H23N3O4S/c1-12(20)17-11-10-13-6-8-15(9-7-13)24(22,23)19-16(21)18-14-4-2-3-5-14/h6-9,14H,2-5,10-11H2,1H3,(H,17,20)(H2,18,19,21). The van der Waals surface area contributed by atoms with Gasteiger partial charge in [-0.3, -0.25) is 4.79 Å². The highest BCUT2D eigenvalue weighted by molar-refractivity contribution is 7.90. The zero-order valence-corrected chi connectivity index (χ0v) is 14.5. The van der Waals surface area contributed by atoms with Gasteiger partial charge in [0.05, 0.1) is 4.90 Å². The number of urea groups is 1. The van der Waals surface area contributed by atoms with Crippen molar-refractivity contribution in [1.82, 2.24) is 15.4 Å². The van der Waals surface area contributed by atoms with Gasteiger partial charge < -0.3 is 10.6 Å². The van der Waals surface area contributed by atoms with Crippen LogP contribution in [0.1, 0.15) is 38.2 Å². The molecule has 8 heteroatoms. The molecular formula is C16H23N3O4S. The first-order chi connectivity index (χ1) is 11.4. The number of carbonyl (C=O) groups excluding carboxylic acids is 2. The predicted molar refractivity (Wildman–Crippen MR) is 89.9 cm³/mol. The van der Waals surface area contributed by atoms with E-state index in [-0.39, 0.29) is 16.8 Å². The Morgan fingerprint density at radius 3 is 2.33 bits per heavy atom. The Morgan fingerprint density at radius 2 is 1.75 bits per heavy atom. The average Bonchev–Trinajstić information content (AvgIpc) is 2.99. The molecule has 0 unspecified atom stereocenters. The van der Waals surface area contributed by atoms with Gasteiger partial charge in [0.1, 0.15) is 0 Å². The average molecular weight is 353 g/mol. The molecular weight excluding hydrogens is 330 g/mol. The molecule has 0 aliphatic heterocycles. The SMILES string of the molecule is CC(=O)NCCc1ccc(S(=O)(=O)NC(=O)NC2CCCC2)cc1. The Morgan fingerprint density at radius 1 is 1.12 bits per heavy atom. The highest BCUT2D eigenvalue weighted by atomic mass is 32.2. The van der Waals surface area contributed by atoms with E-state index < -0.39 is 16.1 Å². The Labute approximate surface area is 142 Å². The van der Waals surface area contributed by atoms with Crippen LogP contribution in [-0.4, -0.2) is 32.9 Å². The van der Waals surface area contributed by atoms with Crippen LogP contribution in [0.3, 0.4) is 0 Å². The molecule has 0 radical (unpaired) electrons. The number of benzene rings is 1. The lowest BCUT2D eigenvalue weighted by Crippen LogP contribution is -2.43. The minimum Gasteiger partial charge on any atom is -0.356 e. The number of nitrogens with one attached hydrogen (secondary N) is 3. The van der Waals surface area contributed by atoms with Crippen molar-refractivity contribution in [2.24, 2.45) is 0 Å². The molecule has 1 aliphatic rings. The highest BCUT2D eigenvalue weighted by Crippen LogP contribution is 2.17. The van der Waals surface area contributed by atoms with Crippen LogP contribution < -0.4 is 15.4 Å². The summed E-state index contributed by atoms with van der Waals surface area (Å²) < 4.78 is 26.4. The summed E-state index contributed by atoms with van der Waals surface area (Å²) in [6, 6.07) is 5.62. The number of amides is 3. The maximum absolute atomic E-state index is 12.2. The van der Waals surface area contributed by atoms with Gasteiger partial charge in [0.25, 0.3) is 10.0 Å². The van der Waals surface area contributed by atoms with Crippen molar-refractivity contribution >= 4 is 22.0 Å². The largest absolute Gasteiger partial charge is 0.356 e. The summed E-state index contributed by atoms with van der Waals surface area (Å²) >= 11 is 0. The van der Waals surface area contributed by atoms with Crippen LogP contribution in [0.25, 0.3) is 0 Å². The molecule has 1 fully saturated rings. The summed E-state index contributed by atoms with van der Waals surface area (Å²) in [5.74, 6) is -0.105. The van der Waals surface area contributed by atoms with Crippen molar-refractivity contribution in [3.8, 4) is 0 Å². The molecule has 1 aromatic carbocycles. The van der Waals surface area contributed by atoms with Gasteiger partial charge in [-0.1, -0.05) is 25.0 Å².